The molecule has 2 aromatic carbocycles. The van der Waals surface area contributed by atoms with Gasteiger partial charge in [0.25, 0.3) is 0 Å². The lowest BCUT2D eigenvalue weighted by Crippen LogP contribution is -2.49. The maximum absolute atomic E-state index is 6.10. The highest BCUT2D eigenvalue weighted by molar-refractivity contribution is 6.81. The van der Waals surface area contributed by atoms with Crippen LogP contribution in [0, 0.1) is 27.7 Å². The Balaban J connectivity index is 2.65. The van der Waals surface area contributed by atoms with Gasteiger partial charge in [-0.3, -0.25) is 0 Å². The maximum Gasteiger partial charge on any atom is 0.362 e. The normalized spacial score (nSPS) is 12.4. The van der Waals surface area contributed by atoms with Gasteiger partial charge in [0.1, 0.15) is 0 Å². The van der Waals surface area contributed by atoms with Gasteiger partial charge in [-0.2, -0.15) is 0 Å². The van der Waals surface area contributed by atoms with Crippen molar-refractivity contribution < 1.29 is 4.65 Å². The summed E-state index contributed by atoms with van der Waals surface area (Å²) in [6, 6.07) is 9.34. The first-order valence-electron chi connectivity index (χ1n) is 10.0. The van der Waals surface area contributed by atoms with Gasteiger partial charge in [-0.05, 0) is 60.6 Å². The van der Waals surface area contributed by atoms with Crippen LogP contribution in [-0.4, -0.2) is 14.0 Å². The summed E-state index contributed by atoms with van der Waals surface area (Å²) in [6.07, 6.45) is 0. The predicted molar refractivity (Wildman–Crippen MR) is 121 cm³/mol. The molecule has 2 aromatic rings. The number of rotatable bonds is 3. The lowest BCUT2D eigenvalue weighted by atomic mass is 9.50. The molecule has 0 amide bonds. The van der Waals surface area contributed by atoms with Crippen molar-refractivity contribution in [1.29, 1.82) is 0 Å². The van der Waals surface area contributed by atoms with E-state index in [0.29, 0.717) is 0 Å². The maximum atomic E-state index is 6.10. The number of hydrogen-bond donors (Lipinski definition) is 0. The molecule has 0 radical (unpaired) electrons. The summed E-state index contributed by atoms with van der Waals surface area (Å²) >= 11 is 0. The summed E-state index contributed by atoms with van der Waals surface area (Å²) in [4.78, 5) is 0. The first-order valence-corrected chi connectivity index (χ1v) is 10.0. The first kappa shape index (κ1) is 21.8. The second-order valence-electron chi connectivity index (χ2n) is 10.2. The van der Waals surface area contributed by atoms with Gasteiger partial charge in [0, 0.05) is 7.11 Å². The lowest BCUT2D eigenvalue weighted by molar-refractivity contribution is 0.438. The quantitative estimate of drug-likeness (QED) is 0.675. The molecule has 27 heavy (non-hydrogen) atoms. The fourth-order valence-electron chi connectivity index (χ4n) is 4.02. The van der Waals surface area contributed by atoms with Crippen LogP contribution in [0.3, 0.4) is 0 Å². The molecule has 0 aliphatic rings. The minimum absolute atomic E-state index is 0.0342. The summed E-state index contributed by atoms with van der Waals surface area (Å²) in [5.41, 5.74) is 10.9. The first-order chi connectivity index (χ1) is 12.3. The molecule has 0 aromatic heterocycles. The zero-order valence-electron chi connectivity index (χ0n) is 19.3. The third-order valence-electron chi connectivity index (χ3n) is 5.68. The van der Waals surface area contributed by atoms with Gasteiger partial charge in [0.15, 0.2) is 0 Å². The van der Waals surface area contributed by atoms with E-state index in [0.717, 1.165) is 0 Å². The summed E-state index contributed by atoms with van der Waals surface area (Å²) in [7, 11) is 1.83. The van der Waals surface area contributed by atoms with E-state index in [9.17, 15) is 0 Å². The average Bonchev–Trinajstić information content (AvgIpc) is 2.49. The van der Waals surface area contributed by atoms with Gasteiger partial charge in [-0.25, -0.2) is 0 Å². The highest BCUT2D eigenvalue weighted by Gasteiger charge is 2.29. The van der Waals surface area contributed by atoms with Gasteiger partial charge in [-0.1, -0.05) is 88.1 Å². The van der Waals surface area contributed by atoms with Crippen LogP contribution in [0.15, 0.2) is 24.3 Å². The molecule has 2 heteroatoms. The van der Waals surface area contributed by atoms with E-state index < -0.39 is 0 Å². The molecule has 1 nitrogen and oxygen atoms in total. The standard InChI is InChI=1S/C25H37BO/c1-16-12-20(24(5,6)7)13-17(2)22(16)26(27-11)23-18(3)14-21(15-19(23)4)25(8,9)10/h12-15H,1-11H3. The Morgan fingerprint density at radius 3 is 1.04 bits per heavy atom. The van der Waals surface area contributed by atoms with E-state index in [-0.39, 0.29) is 17.7 Å². The Bertz CT molecular complexity index is 719. The molecule has 0 saturated carbocycles. The summed E-state index contributed by atoms with van der Waals surface area (Å²) in [5.74, 6) is 0. The van der Waals surface area contributed by atoms with E-state index >= 15 is 0 Å². The van der Waals surface area contributed by atoms with Gasteiger partial charge >= 0.3 is 6.92 Å². The predicted octanol–water partition coefficient (Wildman–Crippen LogP) is 5.27. The largest absolute Gasteiger partial charge is 0.430 e. The van der Waals surface area contributed by atoms with Crippen molar-refractivity contribution >= 4 is 17.8 Å². The summed E-state index contributed by atoms with van der Waals surface area (Å²) in [6.45, 7) is 22.5. The van der Waals surface area contributed by atoms with Gasteiger partial charge < -0.3 is 4.65 Å². The SMILES string of the molecule is COB(c1c(C)cc(C(C)(C)C)cc1C)c1c(C)cc(C(C)(C)C)cc1C. The molecule has 0 atom stereocenters. The van der Waals surface area contributed by atoms with Crippen molar-refractivity contribution in [3.05, 3.63) is 57.6 Å². The molecule has 0 N–H and O–H groups in total. The second-order valence-corrected chi connectivity index (χ2v) is 10.2. The molecular weight excluding hydrogens is 327 g/mol. The van der Waals surface area contributed by atoms with Crippen molar-refractivity contribution in [3.63, 3.8) is 0 Å². The van der Waals surface area contributed by atoms with Crippen LogP contribution in [0.4, 0.5) is 0 Å². The highest BCUT2D eigenvalue weighted by atomic mass is 16.4. The minimum Gasteiger partial charge on any atom is -0.430 e. The third kappa shape index (κ3) is 4.49. The molecule has 146 valence electrons. The van der Waals surface area contributed by atoms with Crippen LogP contribution >= 0.6 is 0 Å². The smallest absolute Gasteiger partial charge is 0.362 e. The molecule has 0 aliphatic carbocycles. The number of hydrogen-bond acceptors (Lipinski definition) is 1. The van der Waals surface area contributed by atoms with E-state index in [1.807, 2.05) is 7.11 Å². The molecule has 0 saturated heterocycles. The van der Waals surface area contributed by atoms with Gasteiger partial charge in [0.05, 0.1) is 0 Å². The third-order valence-corrected chi connectivity index (χ3v) is 5.68. The van der Waals surface area contributed by atoms with Crippen molar-refractivity contribution in [2.24, 2.45) is 0 Å². The summed E-state index contributed by atoms with van der Waals surface area (Å²) in [5, 5.41) is 0. The average molecular weight is 364 g/mol. The Kier molecular flexibility index (Phi) is 6.02. The summed E-state index contributed by atoms with van der Waals surface area (Å²) < 4.78 is 6.10. The van der Waals surface area contributed by atoms with Crippen LogP contribution in [0.2, 0.25) is 0 Å². The highest BCUT2D eigenvalue weighted by Crippen LogP contribution is 2.26. The molecule has 0 fully saturated rings. The van der Waals surface area contributed by atoms with Crippen LogP contribution < -0.4 is 10.9 Å². The Morgan fingerprint density at radius 1 is 0.593 bits per heavy atom. The minimum atomic E-state index is -0.0342. The topological polar surface area (TPSA) is 9.23 Å². The molecule has 2 rings (SSSR count). The molecule has 0 heterocycles. The van der Waals surface area contributed by atoms with E-state index in [4.69, 9.17) is 4.65 Å². The second kappa shape index (κ2) is 7.47. The van der Waals surface area contributed by atoms with Gasteiger partial charge in [0.2, 0.25) is 0 Å². The zero-order chi connectivity index (χ0) is 20.7. The molecule has 0 unspecified atom stereocenters. The lowest BCUT2D eigenvalue weighted by Gasteiger charge is -2.27. The molecular formula is C25H37BO. The van der Waals surface area contributed by atoms with Crippen molar-refractivity contribution in [1.82, 2.24) is 0 Å². The van der Waals surface area contributed by atoms with Crippen LogP contribution in [0.5, 0.6) is 0 Å². The number of aryl methyl sites for hydroxylation is 4. The Hall–Kier alpha value is -1.54. The fourth-order valence-corrected chi connectivity index (χ4v) is 4.02. The van der Waals surface area contributed by atoms with E-state index in [1.165, 1.54) is 44.3 Å². The van der Waals surface area contributed by atoms with Crippen LogP contribution in [-0.2, 0) is 15.5 Å². The van der Waals surface area contributed by atoms with Crippen molar-refractivity contribution in [2.75, 3.05) is 7.11 Å². The van der Waals surface area contributed by atoms with Crippen LogP contribution in [0.25, 0.3) is 0 Å². The van der Waals surface area contributed by atoms with Crippen molar-refractivity contribution in [3.8, 4) is 0 Å². The van der Waals surface area contributed by atoms with E-state index in [2.05, 4.69) is 93.5 Å². The van der Waals surface area contributed by atoms with Crippen LogP contribution in [0.1, 0.15) is 74.9 Å². The Labute approximate surface area is 167 Å². The van der Waals surface area contributed by atoms with Gasteiger partial charge in [-0.15, -0.1) is 0 Å². The molecule has 0 spiro atoms. The fraction of sp³-hybridized carbons (Fsp3) is 0.520. The van der Waals surface area contributed by atoms with E-state index in [1.54, 1.807) is 0 Å². The molecule has 0 aliphatic heterocycles. The number of benzene rings is 2. The van der Waals surface area contributed by atoms with Crippen molar-refractivity contribution in [2.45, 2.75) is 80.1 Å². The Morgan fingerprint density at radius 2 is 0.852 bits per heavy atom. The monoisotopic (exact) mass is 364 g/mol. The zero-order valence-corrected chi connectivity index (χ0v) is 19.3. The molecule has 0 bridgehead atoms.